The average Bonchev–Trinajstić information content (AvgIpc) is 3.18. The second-order valence-corrected chi connectivity index (χ2v) is 7.45. The average molecular weight is 319 g/mol. The van der Waals surface area contributed by atoms with Gasteiger partial charge in [-0.3, -0.25) is 4.79 Å². The van der Waals surface area contributed by atoms with Crippen LogP contribution in [0.15, 0.2) is 24.3 Å². The zero-order chi connectivity index (χ0) is 15.1. The number of piperazine rings is 1. The van der Waals surface area contributed by atoms with Crippen LogP contribution in [0.5, 0.6) is 0 Å². The zero-order valence-corrected chi connectivity index (χ0v) is 13.6. The van der Waals surface area contributed by atoms with Crippen LogP contribution >= 0.6 is 11.6 Å². The minimum atomic E-state index is 0.325. The highest BCUT2D eigenvalue weighted by molar-refractivity contribution is 6.33. The predicted octanol–water partition coefficient (Wildman–Crippen LogP) is 3.42. The Balaban J connectivity index is 1.38. The van der Waals surface area contributed by atoms with Gasteiger partial charge in [0.1, 0.15) is 0 Å². The van der Waals surface area contributed by atoms with Crippen molar-refractivity contribution in [3.8, 4) is 0 Å². The molecular formula is C18H23ClN2O. The third-order valence-electron chi connectivity index (χ3n) is 5.84. The topological polar surface area (TPSA) is 23.6 Å². The van der Waals surface area contributed by atoms with Crippen LogP contribution in [0.25, 0.3) is 0 Å². The summed E-state index contributed by atoms with van der Waals surface area (Å²) in [5.41, 5.74) is 1.09. The third-order valence-corrected chi connectivity index (χ3v) is 6.16. The molecule has 1 saturated heterocycles. The first-order chi connectivity index (χ1) is 10.7. The highest BCUT2D eigenvalue weighted by Crippen LogP contribution is 2.48. The maximum Gasteiger partial charge on any atom is 0.226 e. The molecule has 0 N–H and O–H groups in total. The molecule has 1 heterocycles. The van der Waals surface area contributed by atoms with E-state index in [1.165, 1.54) is 19.3 Å². The number of anilines is 1. The second kappa shape index (κ2) is 5.77. The summed E-state index contributed by atoms with van der Waals surface area (Å²) in [5, 5.41) is 0.801. The lowest BCUT2D eigenvalue weighted by Gasteiger charge is -2.38. The molecule has 1 aromatic rings. The molecule has 4 rings (SSSR count). The number of carbonyl (C=O) groups is 1. The monoisotopic (exact) mass is 318 g/mol. The second-order valence-electron chi connectivity index (χ2n) is 7.05. The number of para-hydroxylation sites is 1. The van der Waals surface area contributed by atoms with E-state index < -0.39 is 0 Å². The molecule has 4 heteroatoms. The predicted molar refractivity (Wildman–Crippen MR) is 89.2 cm³/mol. The Morgan fingerprint density at radius 2 is 1.82 bits per heavy atom. The fourth-order valence-electron chi connectivity index (χ4n) is 4.66. The molecule has 1 aliphatic heterocycles. The molecule has 3 fully saturated rings. The minimum Gasteiger partial charge on any atom is -0.367 e. The summed E-state index contributed by atoms with van der Waals surface area (Å²) in [7, 11) is 0. The Bertz CT molecular complexity index is 568. The van der Waals surface area contributed by atoms with Crippen molar-refractivity contribution in [3.05, 3.63) is 29.3 Å². The number of hydrogen-bond donors (Lipinski definition) is 0. The van der Waals surface area contributed by atoms with Crippen LogP contribution < -0.4 is 4.90 Å². The number of rotatable bonds is 2. The molecule has 0 radical (unpaired) electrons. The molecule has 118 valence electrons. The molecule has 3 nitrogen and oxygen atoms in total. The van der Waals surface area contributed by atoms with Gasteiger partial charge in [-0.15, -0.1) is 0 Å². The summed E-state index contributed by atoms with van der Waals surface area (Å²) in [5.74, 6) is 2.26. The third kappa shape index (κ3) is 2.50. The van der Waals surface area contributed by atoms with Gasteiger partial charge in [-0.1, -0.05) is 30.2 Å². The van der Waals surface area contributed by atoms with Gasteiger partial charge in [0.25, 0.3) is 0 Å². The fourth-order valence-corrected chi connectivity index (χ4v) is 4.91. The standard InChI is InChI=1S/C18H23ClN2O/c19-16-3-1-2-4-17(16)20-7-9-21(10-8-20)18(22)15-12-13-5-6-14(15)11-13/h1-4,13-15H,5-12H2. The van der Waals surface area contributed by atoms with Crippen molar-refractivity contribution >= 4 is 23.2 Å². The van der Waals surface area contributed by atoms with E-state index in [0.29, 0.717) is 17.7 Å². The summed E-state index contributed by atoms with van der Waals surface area (Å²) >= 11 is 6.28. The lowest BCUT2D eigenvalue weighted by atomic mass is 9.87. The van der Waals surface area contributed by atoms with Gasteiger partial charge in [-0.25, -0.2) is 0 Å². The quantitative estimate of drug-likeness (QED) is 0.834. The number of nitrogens with zero attached hydrogens (tertiary/aromatic N) is 2. The van der Waals surface area contributed by atoms with Crippen molar-refractivity contribution in [2.45, 2.75) is 25.7 Å². The van der Waals surface area contributed by atoms with E-state index >= 15 is 0 Å². The van der Waals surface area contributed by atoms with E-state index in [1.807, 2.05) is 18.2 Å². The summed E-state index contributed by atoms with van der Waals surface area (Å²) in [6.45, 7) is 3.43. The van der Waals surface area contributed by atoms with Gasteiger partial charge in [0.05, 0.1) is 10.7 Å². The van der Waals surface area contributed by atoms with E-state index in [1.54, 1.807) is 0 Å². The lowest BCUT2D eigenvalue weighted by Crippen LogP contribution is -2.51. The van der Waals surface area contributed by atoms with Gasteiger partial charge in [0, 0.05) is 32.1 Å². The number of benzene rings is 1. The molecular weight excluding hydrogens is 296 g/mol. The summed E-state index contributed by atoms with van der Waals surface area (Å²) in [6, 6.07) is 7.98. The van der Waals surface area contributed by atoms with Gasteiger partial charge in [-0.05, 0) is 43.2 Å². The first kappa shape index (κ1) is 14.4. The van der Waals surface area contributed by atoms with Crippen LogP contribution in [0.2, 0.25) is 5.02 Å². The summed E-state index contributed by atoms with van der Waals surface area (Å²) < 4.78 is 0. The van der Waals surface area contributed by atoms with E-state index in [9.17, 15) is 4.79 Å². The van der Waals surface area contributed by atoms with E-state index in [0.717, 1.165) is 49.2 Å². The molecule has 0 spiro atoms. The number of carbonyl (C=O) groups excluding carboxylic acids is 1. The SMILES string of the molecule is O=C(C1CC2CCC1C2)N1CCN(c2ccccc2Cl)CC1. The molecule has 3 aliphatic rings. The van der Waals surface area contributed by atoms with Gasteiger partial charge < -0.3 is 9.80 Å². The normalized spacial score (nSPS) is 30.9. The lowest BCUT2D eigenvalue weighted by molar-refractivity contribution is -0.137. The van der Waals surface area contributed by atoms with E-state index in [-0.39, 0.29) is 0 Å². The van der Waals surface area contributed by atoms with Crippen LogP contribution in [0.4, 0.5) is 5.69 Å². The van der Waals surface area contributed by atoms with Crippen molar-refractivity contribution in [2.75, 3.05) is 31.1 Å². The summed E-state index contributed by atoms with van der Waals surface area (Å²) in [4.78, 5) is 17.2. The largest absolute Gasteiger partial charge is 0.367 e. The first-order valence-electron chi connectivity index (χ1n) is 8.50. The Kier molecular flexibility index (Phi) is 3.77. The van der Waals surface area contributed by atoms with Crippen LogP contribution in [-0.2, 0) is 4.79 Å². The van der Waals surface area contributed by atoms with Crippen molar-refractivity contribution in [2.24, 2.45) is 17.8 Å². The number of fused-ring (bicyclic) bond motifs is 2. The zero-order valence-electron chi connectivity index (χ0n) is 12.9. The van der Waals surface area contributed by atoms with Gasteiger partial charge in [-0.2, -0.15) is 0 Å². The fraction of sp³-hybridized carbons (Fsp3) is 0.611. The molecule has 1 amide bonds. The molecule has 3 atom stereocenters. The Morgan fingerprint density at radius 3 is 2.45 bits per heavy atom. The van der Waals surface area contributed by atoms with E-state index in [4.69, 9.17) is 11.6 Å². The number of halogens is 1. The molecule has 2 aliphatic carbocycles. The van der Waals surface area contributed by atoms with Crippen LogP contribution in [0.3, 0.4) is 0 Å². The van der Waals surface area contributed by atoms with Crippen molar-refractivity contribution in [1.29, 1.82) is 0 Å². The van der Waals surface area contributed by atoms with Crippen LogP contribution in [-0.4, -0.2) is 37.0 Å². The molecule has 0 aromatic heterocycles. The minimum absolute atomic E-state index is 0.325. The Hall–Kier alpha value is -1.22. The Morgan fingerprint density at radius 1 is 1.05 bits per heavy atom. The number of amides is 1. The van der Waals surface area contributed by atoms with Gasteiger partial charge in [0.15, 0.2) is 0 Å². The summed E-state index contributed by atoms with van der Waals surface area (Å²) in [6.07, 6.45) is 5.08. The first-order valence-corrected chi connectivity index (χ1v) is 8.88. The highest BCUT2D eigenvalue weighted by atomic mass is 35.5. The van der Waals surface area contributed by atoms with Crippen LogP contribution in [0, 0.1) is 17.8 Å². The van der Waals surface area contributed by atoms with Gasteiger partial charge >= 0.3 is 0 Å². The van der Waals surface area contributed by atoms with Crippen molar-refractivity contribution in [1.82, 2.24) is 4.90 Å². The van der Waals surface area contributed by atoms with Gasteiger partial charge in [0.2, 0.25) is 5.91 Å². The smallest absolute Gasteiger partial charge is 0.226 e. The van der Waals surface area contributed by atoms with Crippen molar-refractivity contribution < 1.29 is 4.79 Å². The molecule has 2 saturated carbocycles. The molecule has 1 aromatic carbocycles. The highest BCUT2D eigenvalue weighted by Gasteiger charge is 2.44. The number of hydrogen-bond acceptors (Lipinski definition) is 2. The Labute approximate surface area is 137 Å². The maximum atomic E-state index is 12.8. The van der Waals surface area contributed by atoms with E-state index in [2.05, 4.69) is 15.9 Å². The van der Waals surface area contributed by atoms with Crippen LogP contribution in [0.1, 0.15) is 25.7 Å². The molecule has 3 unspecified atom stereocenters. The maximum absolute atomic E-state index is 12.8. The molecule has 22 heavy (non-hydrogen) atoms. The molecule has 2 bridgehead atoms. The van der Waals surface area contributed by atoms with Crippen molar-refractivity contribution in [3.63, 3.8) is 0 Å².